The van der Waals surface area contributed by atoms with Crippen molar-refractivity contribution in [3.63, 3.8) is 0 Å². The van der Waals surface area contributed by atoms with Crippen molar-refractivity contribution >= 4 is 5.91 Å². The van der Waals surface area contributed by atoms with Gasteiger partial charge in [0.2, 0.25) is 5.91 Å². The third kappa shape index (κ3) is 3.70. The van der Waals surface area contributed by atoms with Crippen molar-refractivity contribution in [1.82, 2.24) is 10.6 Å². The quantitative estimate of drug-likeness (QED) is 0.897. The molecule has 3 rings (SSSR count). The average Bonchev–Trinajstić information content (AvgIpc) is 2.79. The van der Waals surface area contributed by atoms with Gasteiger partial charge in [-0.25, -0.2) is 0 Å². The maximum absolute atomic E-state index is 11.5. The maximum atomic E-state index is 11.5. The second-order valence-corrected chi connectivity index (χ2v) is 6.96. The maximum Gasteiger partial charge on any atom is 0.220 e. The number of amides is 1. The SMILES string of the molecule is O=C1CC[C@@H](NCC2(c3ccccc3)CCCCC2)CCN1. The molecule has 3 nitrogen and oxygen atoms in total. The minimum atomic E-state index is 0.208. The van der Waals surface area contributed by atoms with E-state index >= 15 is 0 Å². The highest BCUT2D eigenvalue weighted by atomic mass is 16.1. The van der Waals surface area contributed by atoms with Crippen molar-refractivity contribution in [2.24, 2.45) is 0 Å². The summed E-state index contributed by atoms with van der Waals surface area (Å²) in [6.07, 6.45) is 9.30. The number of benzene rings is 1. The molecule has 1 saturated carbocycles. The highest BCUT2D eigenvalue weighted by Gasteiger charge is 2.34. The van der Waals surface area contributed by atoms with Crippen LogP contribution in [0.2, 0.25) is 0 Å². The van der Waals surface area contributed by atoms with Crippen molar-refractivity contribution < 1.29 is 4.79 Å². The standard InChI is InChI=1S/C19H28N2O/c22-18-10-9-17(11-14-20-18)21-15-19(12-5-2-6-13-19)16-7-3-1-4-8-16/h1,3-4,7-8,17,21H,2,5-6,9-15H2,(H,20,22)/t17-/m1/s1. The Morgan fingerprint density at radius 3 is 2.64 bits per heavy atom. The first-order valence-electron chi connectivity index (χ1n) is 8.84. The normalized spacial score (nSPS) is 25.3. The van der Waals surface area contributed by atoms with Crippen molar-refractivity contribution in [3.8, 4) is 0 Å². The van der Waals surface area contributed by atoms with E-state index in [9.17, 15) is 4.79 Å². The lowest BCUT2D eigenvalue weighted by Gasteiger charge is -2.39. The molecule has 1 amide bonds. The van der Waals surface area contributed by atoms with Gasteiger partial charge in [0.15, 0.2) is 0 Å². The van der Waals surface area contributed by atoms with Crippen molar-refractivity contribution in [2.75, 3.05) is 13.1 Å². The summed E-state index contributed by atoms with van der Waals surface area (Å²) in [6, 6.07) is 11.5. The van der Waals surface area contributed by atoms with Gasteiger partial charge in [0.1, 0.15) is 0 Å². The molecule has 1 heterocycles. The molecule has 1 aliphatic carbocycles. The topological polar surface area (TPSA) is 41.1 Å². The van der Waals surface area contributed by atoms with Crippen LogP contribution in [0.15, 0.2) is 30.3 Å². The van der Waals surface area contributed by atoms with Crippen molar-refractivity contribution in [3.05, 3.63) is 35.9 Å². The van der Waals surface area contributed by atoms with E-state index in [-0.39, 0.29) is 5.91 Å². The fraction of sp³-hybridized carbons (Fsp3) is 0.632. The number of nitrogens with one attached hydrogen (secondary N) is 2. The summed E-state index contributed by atoms with van der Waals surface area (Å²) in [5, 5.41) is 6.77. The summed E-state index contributed by atoms with van der Waals surface area (Å²) in [5.74, 6) is 0.208. The molecule has 0 radical (unpaired) electrons. The summed E-state index contributed by atoms with van der Waals surface area (Å²) in [7, 11) is 0. The van der Waals surface area contributed by atoms with Gasteiger partial charge in [-0.1, -0.05) is 49.6 Å². The van der Waals surface area contributed by atoms with E-state index in [0.717, 1.165) is 25.9 Å². The first-order valence-corrected chi connectivity index (χ1v) is 8.84. The highest BCUT2D eigenvalue weighted by Crippen LogP contribution is 2.39. The molecule has 22 heavy (non-hydrogen) atoms. The molecule has 3 heteroatoms. The summed E-state index contributed by atoms with van der Waals surface area (Å²) < 4.78 is 0. The van der Waals surface area contributed by atoms with E-state index < -0.39 is 0 Å². The summed E-state index contributed by atoms with van der Waals surface area (Å²) in [4.78, 5) is 11.5. The van der Waals surface area contributed by atoms with E-state index in [2.05, 4.69) is 41.0 Å². The smallest absolute Gasteiger partial charge is 0.220 e. The number of carbonyl (C=O) groups excluding carboxylic acids is 1. The van der Waals surface area contributed by atoms with Crippen LogP contribution in [0.4, 0.5) is 0 Å². The van der Waals surface area contributed by atoms with Crippen LogP contribution in [-0.4, -0.2) is 25.0 Å². The Hall–Kier alpha value is -1.35. The first-order chi connectivity index (χ1) is 10.8. The molecule has 1 atom stereocenters. The minimum absolute atomic E-state index is 0.208. The third-order valence-electron chi connectivity index (χ3n) is 5.46. The predicted octanol–water partition coefficient (Wildman–Crippen LogP) is 3.15. The largest absolute Gasteiger partial charge is 0.356 e. The number of hydrogen-bond donors (Lipinski definition) is 2. The van der Waals surface area contributed by atoms with E-state index in [0.29, 0.717) is 17.9 Å². The number of rotatable bonds is 4. The van der Waals surface area contributed by atoms with Gasteiger partial charge in [0.25, 0.3) is 0 Å². The van der Waals surface area contributed by atoms with E-state index in [1.54, 1.807) is 0 Å². The zero-order valence-electron chi connectivity index (χ0n) is 13.4. The first kappa shape index (κ1) is 15.5. The minimum Gasteiger partial charge on any atom is -0.356 e. The molecule has 0 spiro atoms. The Balaban J connectivity index is 1.67. The molecule has 0 unspecified atom stereocenters. The fourth-order valence-electron chi connectivity index (χ4n) is 4.06. The molecule has 1 saturated heterocycles. The van der Waals surface area contributed by atoms with E-state index in [4.69, 9.17) is 0 Å². The molecule has 1 aromatic carbocycles. The molecule has 1 aliphatic heterocycles. The molecular weight excluding hydrogens is 272 g/mol. The van der Waals surface area contributed by atoms with Gasteiger partial charge in [-0.2, -0.15) is 0 Å². The Morgan fingerprint density at radius 1 is 1.09 bits per heavy atom. The zero-order valence-corrected chi connectivity index (χ0v) is 13.4. The molecule has 0 bridgehead atoms. The highest BCUT2D eigenvalue weighted by molar-refractivity contribution is 5.76. The predicted molar refractivity (Wildman–Crippen MR) is 89.9 cm³/mol. The second-order valence-electron chi connectivity index (χ2n) is 6.96. The molecule has 2 fully saturated rings. The Kier molecular flexibility index (Phi) is 5.14. The molecule has 2 N–H and O–H groups in total. The van der Waals surface area contributed by atoms with Crippen LogP contribution in [0.1, 0.15) is 56.9 Å². The van der Waals surface area contributed by atoms with Gasteiger partial charge in [-0.3, -0.25) is 4.79 Å². The lowest BCUT2D eigenvalue weighted by molar-refractivity contribution is -0.120. The van der Waals surface area contributed by atoms with Crippen LogP contribution >= 0.6 is 0 Å². The van der Waals surface area contributed by atoms with Crippen LogP contribution in [0.3, 0.4) is 0 Å². The zero-order chi connectivity index (χ0) is 15.3. The Labute approximate surface area is 133 Å². The third-order valence-corrected chi connectivity index (χ3v) is 5.46. The lowest BCUT2D eigenvalue weighted by atomic mass is 9.69. The van der Waals surface area contributed by atoms with Crippen molar-refractivity contribution in [2.45, 2.75) is 62.8 Å². The molecular formula is C19H28N2O. The van der Waals surface area contributed by atoms with Crippen LogP contribution in [-0.2, 0) is 10.2 Å². The Morgan fingerprint density at radius 2 is 1.86 bits per heavy atom. The van der Waals surface area contributed by atoms with Gasteiger partial charge in [-0.05, 0) is 31.2 Å². The van der Waals surface area contributed by atoms with Crippen LogP contribution in [0.25, 0.3) is 0 Å². The van der Waals surface area contributed by atoms with Gasteiger partial charge >= 0.3 is 0 Å². The van der Waals surface area contributed by atoms with E-state index in [1.165, 1.54) is 37.7 Å². The van der Waals surface area contributed by atoms with Gasteiger partial charge in [0.05, 0.1) is 0 Å². The molecule has 120 valence electrons. The van der Waals surface area contributed by atoms with Gasteiger partial charge in [0, 0.05) is 31.0 Å². The molecule has 1 aromatic rings. The van der Waals surface area contributed by atoms with Crippen LogP contribution in [0, 0.1) is 0 Å². The van der Waals surface area contributed by atoms with Crippen molar-refractivity contribution in [1.29, 1.82) is 0 Å². The monoisotopic (exact) mass is 300 g/mol. The summed E-state index contributed by atoms with van der Waals surface area (Å²) in [5.41, 5.74) is 1.79. The van der Waals surface area contributed by atoms with Crippen LogP contribution < -0.4 is 10.6 Å². The number of hydrogen-bond acceptors (Lipinski definition) is 2. The molecule has 2 aliphatic rings. The summed E-state index contributed by atoms with van der Waals surface area (Å²) in [6.45, 7) is 1.87. The van der Waals surface area contributed by atoms with Gasteiger partial charge in [-0.15, -0.1) is 0 Å². The van der Waals surface area contributed by atoms with Crippen LogP contribution in [0.5, 0.6) is 0 Å². The molecule has 0 aromatic heterocycles. The Bertz CT molecular complexity index is 479. The van der Waals surface area contributed by atoms with E-state index in [1.807, 2.05) is 0 Å². The second kappa shape index (κ2) is 7.28. The lowest BCUT2D eigenvalue weighted by Crippen LogP contribution is -2.44. The average molecular weight is 300 g/mol. The number of carbonyl (C=O) groups is 1. The summed E-state index contributed by atoms with van der Waals surface area (Å²) >= 11 is 0. The van der Waals surface area contributed by atoms with Gasteiger partial charge < -0.3 is 10.6 Å². The fourth-order valence-corrected chi connectivity index (χ4v) is 4.06.